The van der Waals surface area contributed by atoms with Gasteiger partial charge in [0, 0.05) is 29.5 Å². The lowest BCUT2D eigenvalue weighted by molar-refractivity contribution is 0.0758. The van der Waals surface area contributed by atoms with Crippen LogP contribution in [0.15, 0.2) is 54.6 Å². The van der Waals surface area contributed by atoms with Crippen molar-refractivity contribution in [2.45, 2.75) is 31.3 Å². The predicted molar refractivity (Wildman–Crippen MR) is 88.6 cm³/mol. The first-order valence-corrected chi connectivity index (χ1v) is 8.07. The van der Waals surface area contributed by atoms with E-state index in [0.717, 1.165) is 30.6 Å². The lowest BCUT2D eigenvalue weighted by atomic mass is 9.86. The summed E-state index contributed by atoms with van der Waals surface area (Å²) < 4.78 is 5.85. The second kappa shape index (κ2) is 7.08. The van der Waals surface area contributed by atoms with Gasteiger partial charge in [0.05, 0.1) is 6.10 Å². The highest BCUT2D eigenvalue weighted by atomic mass is 35.5. The maximum absolute atomic E-state index is 12.6. The highest BCUT2D eigenvalue weighted by Crippen LogP contribution is 2.33. The van der Waals surface area contributed by atoms with E-state index in [-0.39, 0.29) is 17.8 Å². The number of ketones is 1. The molecule has 0 aromatic heterocycles. The van der Waals surface area contributed by atoms with Crippen molar-refractivity contribution < 1.29 is 9.53 Å². The summed E-state index contributed by atoms with van der Waals surface area (Å²) in [5.41, 5.74) is 1.89. The summed E-state index contributed by atoms with van der Waals surface area (Å²) in [7, 11) is 0. The van der Waals surface area contributed by atoms with Crippen molar-refractivity contribution in [1.29, 1.82) is 0 Å². The molecule has 1 aliphatic rings. The molecule has 1 fully saturated rings. The topological polar surface area (TPSA) is 26.3 Å². The zero-order valence-corrected chi connectivity index (χ0v) is 13.1. The monoisotopic (exact) mass is 314 g/mol. The Labute approximate surface area is 136 Å². The molecule has 3 heteroatoms. The Morgan fingerprint density at radius 1 is 1.14 bits per heavy atom. The van der Waals surface area contributed by atoms with Gasteiger partial charge in [0.1, 0.15) is 0 Å². The largest absolute Gasteiger partial charge is 0.378 e. The van der Waals surface area contributed by atoms with Gasteiger partial charge < -0.3 is 4.74 Å². The number of carbonyl (C=O) groups is 1. The molecule has 0 spiro atoms. The van der Waals surface area contributed by atoms with Gasteiger partial charge in [-0.05, 0) is 30.5 Å². The molecule has 1 heterocycles. The van der Waals surface area contributed by atoms with Crippen LogP contribution >= 0.6 is 11.6 Å². The van der Waals surface area contributed by atoms with Crippen molar-refractivity contribution in [1.82, 2.24) is 0 Å². The number of carbonyl (C=O) groups excluding carboxylic acids is 1. The van der Waals surface area contributed by atoms with Crippen molar-refractivity contribution in [3.8, 4) is 0 Å². The fourth-order valence-corrected chi connectivity index (χ4v) is 3.16. The van der Waals surface area contributed by atoms with Crippen molar-refractivity contribution in [2.75, 3.05) is 6.61 Å². The van der Waals surface area contributed by atoms with E-state index in [9.17, 15) is 4.79 Å². The van der Waals surface area contributed by atoms with E-state index in [1.54, 1.807) is 0 Å². The molecule has 0 bridgehead atoms. The second-order valence-corrected chi connectivity index (χ2v) is 6.14. The van der Waals surface area contributed by atoms with Gasteiger partial charge in [-0.2, -0.15) is 0 Å². The molecule has 0 N–H and O–H groups in total. The maximum atomic E-state index is 12.6. The van der Waals surface area contributed by atoms with Crippen LogP contribution in [0, 0.1) is 0 Å². The van der Waals surface area contributed by atoms with Crippen LogP contribution in [0.2, 0.25) is 5.02 Å². The van der Waals surface area contributed by atoms with Crippen LogP contribution in [0.3, 0.4) is 0 Å². The van der Waals surface area contributed by atoms with Crippen LogP contribution in [0.1, 0.15) is 41.1 Å². The number of halogens is 1. The number of benzene rings is 2. The van der Waals surface area contributed by atoms with E-state index in [1.807, 2.05) is 54.6 Å². The maximum Gasteiger partial charge on any atom is 0.163 e. The van der Waals surface area contributed by atoms with Gasteiger partial charge in [-0.1, -0.05) is 54.1 Å². The molecule has 22 heavy (non-hydrogen) atoms. The summed E-state index contributed by atoms with van der Waals surface area (Å²) in [6.45, 7) is 0.786. The number of Topliss-reactive ketones (excluding diaryl/α,β-unsaturated/α-hetero) is 1. The van der Waals surface area contributed by atoms with Gasteiger partial charge in [0.25, 0.3) is 0 Å². The second-order valence-electron chi connectivity index (χ2n) is 5.70. The van der Waals surface area contributed by atoms with Crippen LogP contribution in [0.25, 0.3) is 0 Å². The Morgan fingerprint density at radius 3 is 2.50 bits per heavy atom. The van der Waals surface area contributed by atoms with E-state index in [1.165, 1.54) is 0 Å². The fraction of sp³-hybridized carbons (Fsp3) is 0.316. The molecule has 1 saturated heterocycles. The molecule has 0 radical (unpaired) electrons. The first kappa shape index (κ1) is 15.3. The van der Waals surface area contributed by atoms with Gasteiger partial charge >= 0.3 is 0 Å². The van der Waals surface area contributed by atoms with E-state index in [4.69, 9.17) is 16.3 Å². The molecule has 0 amide bonds. The van der Waals surface area contributed by atoms with Crippen molar-refractivity contribution in [2.24, 2.45) is 0 Å². The Bertz CT molecular complexity index is 616. The molecule has 2 aromatic carbocycles. The van der Waals surface area contributed by atoms with Crippen LogP contribution in [0.5, 0.6) is 0 Å². The van der Waals surface area contributed by atoms with E-state index < -0.39 is 0 Å². The average Bonchev–Trinajstić information content (AvgIpc) is 3.08. The quantitative estimate of drug-likeness (QED) is 0.735. The van der Waals surface area contributed by atoms with Gasteiger partial charge in [-0.15, -0.1) is 0 Å². The van der Waals surface area contributed by atoms with E-state index in [0.29, 0.717) is 11.4 Å². The Kier molecular flexibility index (Phi) is 4.91. The SMILES string of the molecule is O=C(CC(c1ccc(Cl)cc1)C1CCCO1)c1ccccc1. The molecule has 114 valence electrons. The lowest BCUT2D eigenvalue weighted by Gasteiger charge is -2.23. The minimum atomic E-state index is 0.0903. The molecular weight excluding hydrogens is 296 g/mol. The van der Waals surface area contributed by atoms with Crippen molar-refractivity contribution in [3.63, 3.8) is 0 Å². The molecule has 3 rings (SSSR count). The predicted octanol–water partition coefficient (Wildman–Crippen LogP) is 4.88. The summed E-state index contributed by atoms with van der Waals surface area (Å²) in [5.74, 6) is 0.253. The van der Waals surface area contributed by atoms with Crippen LogP contribution in [-0.2, 0) is 4.74 Å². The molecule has 0 saturated carbocycles. The number of rotatable bonds is 5. The smallest absolute Gasteiger partial charge is 0.163 e. The van der Waals surface area contributed by atoms with E-state index in [2.05, 4.69) is 0 Å². The first-order chi connectivity index (χ1) is 10.7. The van der Waals surface area contributed by atoms with Gasteiger partial charge in [-0.3, -0.25) is 4.79 Å². The zero-order valence-electron chi connectivity index (χ0n) is 12.4. The van der Waals surface area contributed by atoms with Crippen molar-refractivity contribution in [3.05, 3.63) is 70.7 Å². The molecular formula is C19H19ClO2. The number of ether oxygens (including phenoxy) is 1. The summed E-state index contributed by atoms with van der Waals surface area (Å²) in [6, 6.07) is 17.2. The highest BCUT2D eigenvalue weighted by Gasteiger charge is 2.29. The van der Waals surface area contributed by atoms with E-state index >= 15 is 0 Å². The Balaban J connectivity index is 1.82. The molecule has 2 unspecified atom stereocenters. The molecule has 1 aliphatic heterocycles. The highest BCUT2D eigenvalue weighted by molar-refractivity contribution is 6.30. The third kappa shape index (κ3) is 3.57. The number of hydrogen-bond acceptors (Lipinski definition) is 2. The third-order valence-corrected chi connectivity index (χ3v) is 4.46. The summed E-state index contributed by atoms with van der Waals surface area (Å²) in [5, 5.41) is 0.712. The molecule has 2 atom stereocenters. The van der Waals surface area contributed by atoms with Gasteiger partial charge in [0.2, 0.25) is 0 Å². The van der Waals surface area contributed by atoms with Crippen molar-refractivity contribution >= 4 is 17.4 Å². The minimum absolute atomic E-state index is 0.0903. The summed E-state index contributed by atoms with van der Waals surface area (Å²) in [4.78, 5) is 12.6. The standard InChI is InChI=1S/C19H19ClO2/c20-16-10-8-14(9-11-16)17(19-7-4-12-22-19)13-18(21)15-5-2-1-3-6-15/h1-3,5-6,8-11,17,19H,4,7,12-13H2. The fourth-order valence-electron chi connectivity index (χ4n) is 3.04. The van der Waals surface area contributed by atoms with Gasteiger partial charge in [0.15, 0.2) is 5.78 Å². The first-order valence-electron chi connectivity index (χ1n) is 7.69. The lowest BCUT2D eigenvalue weighted by Crippen LogP contribution is -2.21. The molecule has 2 nitrogen and oxygen atoms in total. The average molecular weight is 315 g/mol. The van der Waals surface area contributed by atoms with Gasteiger partial charge in [-0.25, -0.2) is 0 Å². The van der Waals surface area contributed by atoms with Crippen LogP contribution in [0.4, 0.5) is 0 Å². The van der Waals surface area contributed by atoms with Crippen LogP contribution in [-0.4, -0.2) is 18.5 Å². The summed E-state index contributed by atoms with van der Waals surface area (Å²) >= 11 is 5.98. The Hall–Kier alpha value is -1.64. The van der Waals surface area contributed by atoms with Crippen LogP contribution < -0.4 is 0 Å². The summed E-state index contributed by atoms with van der Waals surface area (Å²) in [6.07, 6.45) is 2.66. The minimum Gasteiger partial charge on any atom is -0.378 e. The number of hydrogen-bond donors (Lipinski definition) is 0. The zero-order chi connectivity index (χ0) is 15.4. The Morgan fingerprint density at radius 2 is 1.86 bits per heavy atom. The molecule has 0 aliphatic carbocycles. The molecule has 2 aromatic rings. The normalized spacial score (nSPS) is 19.0. The third-order valence-electron chi connectivity index (χ3n) is 4.21.